The van der Waals surface area contributed by atoms with Gasteiger partial charge in [0.1, 0.15) is 0 Å². The summed E-state index contributed by atoms with van der Waals surface area (Å²) in [4.78, 5) is 12.5. The van der Waals surface area contributed by atoms with Gasteiger partial charge in [0.2, 0.25) is 0 Å². The molecule has 0 amide bonds. The van der Waals surface area contributed by atoms with Crippen LogP contribution in [0.4, 0.5) is 0 Å². The molecule has 0 saturated heterocycles. The van der Waals surface area contributed by atoms with Gasteiger partial charge < -0.3 is 0 Å². The maximum absolute atomic E-state index is 12.5. The highest BCUT2D eigenvalue weighted by Crippen LogP contribution is 2.25. The molecule has 0 atom stereocenters. The number of aromatic nitrogens is 2. The summed E-state index contributed by atoms with van der Waals surface area (Å²) < 4.78 is 1.73. The summed E-state index contributed by atoms with van der Waals surface area (Å²) in [6.07, 6.45) is 3.56. The minimum atomic E-state index is -0.393. The van der Waals surface area contributed by atoms with Crippen molar-refractivity contribution in [3.05, 3.63) is 47.8 Å². The first kappa shape index (κ1) is 12.6. The van der Waals surface area contributed by atoms with Crippen molar-refractivity contribution in [1.82, 2.24) is 9.78 Å². The van der Waals surface area contributed by atoms with Crippen molar-refractivity contribution in [3.8, 4) is 5.69 Å². The van der Waals surface area contributed by atoms with Crippen LogP contribution in [0, 0.1) is 12.3 Å². The Balaban J connectivity index is 2.59. The summed E-state index contributed by atoms with van der Waals surface area (Å²) in [6.45, 7) is 7.80. The van der Waals surface area contributed by atoms with Crippen molar-refractivity contribution in [1.29, 1.82) is 0 Å². The van der Waals surface area contributed by atoms with Gasteiger partial charge in [-0.3, -0.25) is 4.79 Å². The van der Waals surface area contributed by atoms with Crippen LogP contribution in [0.5, 0.6) is 0 Å². The highest BCUT2D eigenvalue weighted by Gasteiger charge is 2.25. The van der Waals surface area contributed by atoms with E-state index in [1.807, 2.05) is 58.2 Å². The molecule has 1 aromatic carbocycles. The average Bonchev–Trinajstić information content (AvgIpc) is 2.80. The number of rotatable bonds is 2. The lowest BCUT2D eigenvalue weighted by atomic mass is 9.85. The SMILES string of the molecule is Cc1ccc(-n2cccn2)c(C(=O)C(C)(C)C)c1. The summed E-state index contributed by atoms with van der Waals surface area (Å²) in [5, 5.41) is 4.21. The standard InChI is InChI=1S/C15H18N2O/c1-11-6-7-13(17-9-5-8-16-17)12(10-11)14(18)15(2,3)4/h5-10H,1-4H3. The molecule has 0 unspecified atom stereocenters. The molecule has 94 valence electrons. The summed E-state index contributed by atoms with van der Waals surface area (Å²) >= 11 is 0. The highest BCUT2D eigenvalue weighted by atomic mass is 16.1. The molecular formula is C15H18N2O. The van der Waals surface area contributed by atoms with E-state index in [1.54, 1.807) is 10.9 Å². The van der Waals surface area contributed by atoms with E-state index in [0.29, 0.717) is 0 Å². The van der Waals surface area contributed by atoms with E-state index in [0.717, 1.165) is 16.8 Å². The number of benzene rings is 1. The fraction of sp³-hybridized carbons (Fsp3) is 0.333. The van der Waals surface area contributed by atoms with Crippen molar-refractivity contribution in [2.24, 2.45) is 5.41 Å². The smallest absolute Gasteiger partial charge is 0.170 e. The maximum Gasteiger partial charge on any atom is 0.170 e. The zero-order valence-corrected chi connectivity index (χ0v) is 11.3. The summed E-state index contributed by atoms with van der Waals surface area (Å²) in [5.41, 5.74) is 2.26. The Hall–Kier alpha value is -1.90. The molecule has 0 fully saturated rings. The number of ketones is 1. The van der Waals surface area contributed by atoms with Crippen molar-refractivity contribution in [2.75, 3.05) is 0 Å². The monoisotopic (exact) mass is 242 g/mol. The molecule has 0 radical (unpaired) electrons. The Morgan fingerprint density at radius 3 is 2.56 bits per heavy atom. The highest BCUT2D eigenvalue weighted by molar-refractivity contribution is 6.02. The third kappa shape index (κ3) is 2.35. The molecule has 2 aromatic rings. The second kappa shape index (κ2) is 4.41. The number of nitrogens with zero attached hydrogens (tertiary/aromatic N) is 2. The van der Waals surface area contributed by atoms with Crippen LogP contribution in [0.1, 0.15) is 36.7 Å². The van der Waals surface area contributed by atoms with Crippen molar-refractivity contribution in [3.63, 3.8) is 0 Å². The van der Waals surface area contributed by atoms with Crippen LogP contribution in [0.15, 0.2) is 36.7 Å². The van der Waals surface area contributed by atoms with Crippen molar-refractivity contribution in [2.45, 2.75) is 27.7 Å². The Labute approximate surface area is 107 Å². The van der Waals surface area contributed by atoms with Crippen molar-refractivity contribution < 1.29 is 4.79 Å². The third-order valence-corrected chi connectivity index (χ3v) is 2.83. The lowest BCUT2D eigenvalue weighted by molar-refractivity contribution is 0.0858. The van der Waals surface area contributed by atoms with E-state index in [1.165, 1.54) is 0 Å². The van der Waals surface area contributed by atoms with E-state index >= 15 is 0 Å². The lowest BCUT2D eigenvalue weighted by Gasteiger charge is -2.19. The lowest BCUT2D eigenvalue weighted by Crippen LogP contribution is -2.22. The molecule has 3 nitrogen and oxygen atoms in total. The van der Waals surface area contributed by atoms with Crippen LogP contribution in [-0.4, -0.2) is 15.6 Å². The third-order valence-electron chi connectivity index (χ3n) is 2.83. The number of aryl methyl sites for hydroxylation is 1. The molecule has 1 aromatic heterocycles. The molecule has 0 bridgehead atoms. The van der Waals surface area contributed by atoms with E-state index in [2.05, 4.69) is 5.10 Å². The second-order valence-electron chi connectivity index (χ2n) is 5.55. The molecule has 0 saturated carbocycles. The van der Waals surface area contributed by atoms with Gasteiger partial charge in [0, 0.05) is 23.4 Å². The number of carbonyl (C=O) groups is 1. The van der Waals surface area contributed by atoms with Crippen LogP contribution < -0.4 is 0 Å². The number of carbonyl (C=O) groups excluding carboxylic acids is 1. The zero-order valence-electron chi connectivity index (χ0n) is 11.3. The number of hydrogen-bond acceptors (Lipinski definition) is 2. The van der Waals surface area contributed by atoms with E-state index < -0.39 is 5.41 Å². The second-order valence-corrected chi connectivity index (χ2v) is 5.55. The molecule has 2 rings (SSSR count). The predicted octanol–water partition coefficient (Wildman–Crippen LogP) is 3.41. The predicted molar refractivity (Wildman–Crippen MR) is 72.1 cm³/mol. The first-order chi connectivity index (χ1) is 8.39. The molecule has 18 heavy (non-hydrogen) atoms. The normalized spacial score (nSPS) is 11.6. The van der Waals surface area contributed by atoms with E-state index in [-0.39, 0.29) is 5.78 Å². The number of Topliss-reactive ketones (excluding diaryl/α,β-unsaturated/α-hetero) is 1. The van der Waals surface area contributed by atoms with Gasteiger partial charge in [-0.2, -0.15) is 5.10 Å². The van der Waals surface area contributed by atoms with Crippen LogP contribution in [-0.2, 0) is 0 Å². The molecule has 0 spiro atoms. The van der Waals surface area contributed by atoms with Crippen LogP contribution in [0.3, 0.4) is 0 Å². The van der Waals surface area contributed by atoms with Crippen LogP contribution >= 0.6 is 0 Å². The fourth-order valence-corrected chi connectivity index (χ4v) is 1.85. The molecular weight excluding hydrogens is 224 g/mol. The van der Waals surface area contributed by atoms with Gasteiger partial charge in [0.15, 0.2) is 5.78 Å². The van der Waals surface area contributed by atoms with Gasteiger partial charge in [0.25, 0.3) is 0 Å². The molecule has 3 heteroatoms. The quantitative estimate of drug-likeness (QED) is 0.756. The molecule has 0 aliphatic rings. The Kier molecular flexibility index (Phi) is 3.07. The Morgan fingerprint density at radius 2 is 2.00 bits per heavy atom. The Morgan fingerprint density at radius 1 is 1.28 bits per heavy atom. The summed E-state index contributed by atoms with van der Waals surface area (Å²) in [6, 6.07) is 7.73. The summed E-state index contributed by atoms with van der Waals surface area (Å²) in [5.74, 6) is 0.136. The molecule has 0 aliphatic heterocycles. The van der Waals surface area contributed by atoms with Gasteiger partial charge in [-0.15, -0.1) is 0 Å². The first-order valence-corrected chi connectivity index (χ1v) is 6.05. The van der Waals surface area contributed by atoms with Crippen LogP contribution in [0.2, 0.25) is 0 Å². The summed E-state index contributed by atoms with van der Waals surface area (Å²) in [7, 11) is 0. The van der Waals surface area contributed by atoms with Crippen molar-refractivity contribution >= 4 is 5.78 Å². The maximum atomic E-state index is 12.5. The fourth-order valence-electron chi connectivity index (χ4n) is 1.85. The molecule has 0 N–H and O–H groups in total. The van der Waals surface area contributed by atoms with Gasteiger partial charge in [-0.1, -0.05) is 32.4 Å². The topological polar surface area (TPSA) is 34.9 Å². The minimum absolute atomic E-state index is 0.136. The van der Waals surface area contributed by atoms with Gasteiger partial charge in [-0.05, 0) is 25.1 Å². The van der Waals surface area contributed by atoms with Gasteiger partial charge in [-0.25, -0.2) is 4.68 Å². The number of hydrogen-bond donors (Lipinski definition) is 0. The largest absolute Gasteiger partial charge is 0.294 e. The van der Waals surface area contributed by atoms with Gasteiger partial charge in [0.05, 0.1) is 5.69 Å². The van der Waals surface area contributed by atoms with E-state index in [9.17, 15) is 4.79 Å². The Bertz CT molecular complexity index is 563. The first-order valence-electron chi connectivity index (χ1n) is 6.05. The minimum Gasteiger partial charge on any atom is -0.294 e. The molecule has 0 aliphatic carbocycles. The molecule has 1 heterocycles. The van der Waals surface area contributed by atoms with Gasteiger partial charge >= 0.3 is 0 Å². The zero-order chi connectivity index (χ0) is 13.3. The van der Waals surface area contributed by atoms with E-state index in [4.69, 9.17) is 0 Å². The average molecular weight is 242 g/mol. The van der Waals surface area contributed by atoms with Crippen LogP contribution in [0.25, 0.3) is 5.69 Å².